The summed E-state index contributed by atoms with van der Waals surface area (Å²) in [6, 6.07) is 0. The molecule has 5 heteroatoms. The number of hydrogen-bond acceptors (Lipinski definition) is 3. The molecule has 4 nitrogen and oxygen atoms in total. The van der Waals surface area contributed by atoms with Crippen LogP contribution in [0.4, 0.5) is 0 Å². The summed E-state index contributed by atoms with van der Waals surface area (Å²) >= 11 is 5.63. The normalized spacial score (nSPS) is 25.5. The molecule has 1 saturated heterocycles. The van der Waals surface area contributed by atoms with Gasteiger partial charge in [0.15, 0.2) is 0 Å². The maximum Gasteiger partial charge on any atom is 0.249 e. The molecular weight excluding hydrogens is 192 g/mol. The van der Waals surface area contributed by atoms with E-state index < -0.39 is 11.5 Å². The van der Waals surface area contributed by atoms with Crippen LogP contribution < -0.4 is 5.73 Å². The zero-order chi connectivity index (χ0) is 10.0. The smallest absolute Gasteiger partial charge is 0.249 e. The lowest BCUT2D eigenvalue weighted by atomic mass is 10.2. The number of nitrogens with two attached hydrogens (primary N) is 1. The Balaban J connectivity index is 2.68. The van der Waals surface area contributed by atoms with E-state index in [1.807, 2.05) is 6.92 Å². The Labute approximate surface area is 82.0 Å². The second-order valence-corrected chi connectivity index (χ2v) is 3.66. The lowest BCUT2D eigenvalue weighted by Crippen LogP contribution is -2.45. The Hall–Kier alpha value is -0.610. The van der Waals surface area contributed by atoms with E-state index in [0.717, 1.165) is 11.3 Å². The van der Waals surface area contributed by atoms with Gasteiger partial charge in [0.1, 0.15) is 5.38 Å². The van der Waals surface area contributed by atoms with Gasteiger partial charge in [-0.2, -0.15) is 0 Å². The van der Waals surface area contributed by atoms with Crippen molar-refractivity contribution in [1.29, 1.82) is 0 Å². The SMILES string of the molecule is CCCC(N)N1C(=O)CC(Cl)C1=O. The molecule has 2 amide bonds. The molecule has 1 fully saturated rings. The van der Waals surface area contributed by atoms with E-state index >= 15 is 0 Å². The monoisotopic (exact) mass is 204 g/mol. The first kappa shape index (κ1) is 10.5. The van der Waals surface area contributed by atoms with Crippen molar-refractivity contribution in [3.63, 3.8) is 0 Å². The van der Waals surface area contributed by atoms with Crippen LogP contribution >= 0.6 is 11.6 Å². The van der Waals surface area contributed by atoms with Crippen LogP contribution in [0.1, 0.15) is 26.2 Å². The fraction of sp³-hybridized carbons (Fsp3) is 0.750. The molecule has 2 atom stereocenters. The van der Waals surface area contributed by atoms with Crippen LogP contribution in [0.2, 0.25) is 0 Å². The van der Waals surface area contributed by atoms with Crippen molar-refractivity contribution >= 4 is 23.4 Å². The maximum absolute atomic E-state index is 11.3. The minimum atomic E-state index is -0.713. The average molecular weight is 205 g/mol. The highest BCUT2D eigenvalue weighted by molar-refractivity contribution is 6.35. The van der Waals surface area contributed by atoms with Gasteiger partial charge in [-0.3, -0.25) is 14.5 Å². The number of rotatable bonds is 3. The van der Waals surface area contributed by atoms with Crippen LogP contribution in [0.5, 0.6) is 0 Å². The summed E-state index contributed by atoms with van der Waals surface area (Å²) in [6.45, 7) is 1.95. The highest BCUT2D eigenvalue weighted by Crippen LogP contribution is 2.20. The van der Waals surface area contributed by atoms with Crippen molar-refractivity contribution in [2.45, 2.75) is 37.7 Å². The zero-order valence-electron chi connectivity index (χ0n) is 7.50. The van der Waals surface area contributed by atoms with Gasteiger partial charge in [-0.1, -0.05) is 13.3 Å². The van der Waals surface area contributed by atoms with Gasteiger partial charge in [-0.25, -0.2) is 0 Å². The molecule has 0 radical (unpaired) electrons. The van der Waals surface area contributed by atoms with E-state index in [1.54, 1.807) is 0 Å². The van der Waals surface area contributed by atoms with Crippen LogP contribution in [-0.2, 0) is 9.59 Å². The number of carbonyl (C=O) groups excluding carboxylic acids is 2. The van der Waals surface area contributed by atoms with Crippen LogP contribution in [0.25, 0.3) is 0 Å². The number of alkyl halides is 1. The number of imide groups is 1. The predicted octanol–water partition coefficient (Wildman–Crippen LogP) is 0.438. The molecule has 0 aliphatic carbocycles. The summed E-state index contributed by atoms with van der Waals surface area (Å²) in [4.78, 5) is 23.7. The number of halogens is 1. The van der Waals surface area contributed by atoms with E-state index in [0.29, 0.717) is 6.42 Å². The van der Waals surface area contributed by atoms with Crippen molar-refractivity contribution < 1.29 is 9.59 Å². The Morgan fingerprint density at radius 1 is 1.69 bits per heavy atom. The zero-order valence-corrected chi connectivity index (χ0v) is 8.25. The summed E-state index contributed by atoms with van der Waals surface area (Å²) in [5, 5.41) is -0.713. The lowest BCUT2D eigenvalue weighted by molar-refractivity contribution is -0.141. The van der Waals surface area contributed by atoms with Gasteiger partial charge in [-0.15, -0.1) is 11.6 Å². The predicted molar refractivity (Wildman–Crippen MR) is 49.0 cm³/mol. The second-order valence-electron chi connectivity index (χ2n) is 3.13. The van der Waals surface area contributed by atoms with Crippen LogP contribution in [0.15, 0.2) is 0 Å². The summed E-state index contributed by atoms with van der Waals surface area (Å²) < 4.78 is 0. The van der Waals surface area contributed by atoms with Gasteiger partial charge in [-0.05, 0) is 6.42 Å². The molecular formula is C8H13ClN2O2. The summed E-state index contributed by atoms with van der Waals surface area (Å²) in [5.41, 5.74) is 5.66. The van der Waals surface area contributed by atoms with Crippen LogP contribution in [0.3, 0.4) is 0 Å². The van der Waals surface area contributed by atoms with Gasteiger partial charge in [0.2, 0.25) is 11.8 Å². The van der Waals surface area contributed by atoms with Gasteiger partial charge in [0.25, 0.3) is 0 Å². The third kappa shape index (κ3) is 2.00. The number of carbonyl (C=O) groups is 2. The molecule has 0 saturated carbocycles. The first-order valence-electron chi connectivity index (χ1n) is 4.33. The van der Waals surface area contributed by atoms with Gasteiger partial charge in [0.05, 0.1) is 12.6 Å². The van der Waals surface area contributed by atoms with Gasteiger partial charge >= 0.3 is 0 Å². The summed E-state index contributed by atoms with van der Waals surface area (Å²) in [6.07, 6.45) is 1.04. The van der Waals surface area contributed by atoms with E-state index in [9.17, 15) is 9.59 Å². The van der Waals surface area contributed by atoms with Crippen LogP contribution in [0, 0.1) is 0 Å². The minimum absolute atomic E-state index is 0.0812. The fourth-order valence-electron chi connectivity index (χ4n) is 1.39. The Kier molecular flexibility index (Phi) is 3.27. The summed E-state index contributed by atoms with van der Waals surface area (Å²) in [5.74, 6) is -0.612. The van der Waals surface area contributed by atoms with Crippen molar-refractivity contribution in [2.75, 3.05) is 0 Å². The minimum Gasteiger partial charge on any atom is -0.311 e. The molecule has 0 aromatic heterocycles. The Bertz CT molecular complexity index is 232. The van der Waals surface area contributed by atoms with Gasteiger partial charge < -0.3 is 5.73 Å². The highest BCUT2D eigenvalue weighted by atomic mass is 35.5. The third-order valence-corrected chi connectivity index (χ3v) is 2.38. The molecule has 1 rings (SSSR count). The average Bonchev–Trinajstić information content (AvgIpc) is 2.27. The van der Waals surface area contributed by atoms with Crippen molar-refractivity contribution in [2.24, 2.45) is 5.73 Å². The lowest BCUT2D eigenvalue weighted by Gasteiger charge is -2.21. The second kappa shape index (κ2) is 4.07. The first-order valence-corrected chi connectivity index (χ1v) is 4.77. The number of likely N-dealkylation sites (tertiary alicyclic amines) is 1. The molecule has 1 heterocycles. The van der Waals surface area contributed by atoms with E-state index in [2.05, 4.69) is 0 Å². The quantitative estimate of drug-likeness (QED) is 0.536. The largest absolute Gasteiger partial charge is 0.311 e. The highest BCUT2D eigenvalue weighted by Gasteiger charge is 2.39. The molecule has 0 aromatic rings. The molecule has 2 unspecified atom stereocenters. The molecule has 13 heavy (non-hydrogen) atoms. The van der Waals surface area contributed by atoms with Crippen molar-refractivity contribution in [3.8, 4) is 0 Å². The fourth-order valence-corrected chi connectivity index (χ4v) is 1.62. The van der Waals surface area contributed by atoms with E-state index in [1.165, 1.54) is 0 Å². The standard InChI is InChI=1S/C8H13ClN2O2/c1-2-3-6(10)11-7(12)4-5(9)8(11)13/h5-6H,2-4,10H2,1H3. The molecule has 1 aliphatic heterocycles. The Morgan fingerprint density at radius 3 is 2.69 bits per heavy atom. The number of hydrogen-bond donors (Lipinski definition) is 1. The molecule has 1 aliphatic rings. The van der Waals surface area contributed by atoms with Crippen molar-refractivity contribution in [3.05, 3.63) is 0 Å². The maximum atomic E-state index is 11.3. The molecule has 0 aromatic carbocycles. The number of nitrogens with zero attached hydrogens (tertiary/aromatic N) is 1. The number of amides is 2. The molecule has 0 spiro atoms. The topological polar surface area (TPSA) is 63.4 Å². The Morgan fingerprint density at radius 2 is 2.31 bits per heavy atom. The van der Waals surface area contributed by atoms with Gasteiger partial charge in [0, 0.05) is 0 Å². The third-order valence-electron chi connectivity index (χ3n) is 2.04. The van der Waals surface area contributed by atoms with E-state index in [4.69, 9.17) is 17.3 Å². The molecule has 0 bridgehead atoms. The van der Waals surface area contributed by atoms with Crippen LogP contribution in [-0.4, -0.2) is 28.3 Å². The van der Waals surface area contributed by atoms with E-state index in [-0.39, 0.29) is 18.2 Å². The first-order chi connectivity index (χ1) is 6.07. The van der Waals surface area contributed by atoms with Crippen molar-refractivity contribution in [1.82, 2.24) is 4.90 Å². The molecule has 2 N–H and O–H groups in total. The molecule has 74 valence electrons. The summed E-state index contributed by atoms with van der Waals surface area (Å²) in [7, 11) is 0.